The molecular formula is C51H34N4OS. The summed E-state index contributed by atoms with van der Waals surface area (Å²) >= 11 is 1.82. The highest BCUT2D eigenvalue weighted by atomic mass is 32.1. The predicted molar refractivity (Wildman–Crippen MR) is 239 cm³/mol. The second-order valence-electron chi connectivity index (χ2n) is 14.9. The van der Waals surface area contributed by atoms with Crippen molar-refractivity contribution in [3.63, 3.8) is 0 Å². The van der Waals surface area contributed by atoms with E-state index in [1.165, 1.54) is 42.0 Å². The number of furan rings is 1. The van der Waals surface area contributed by atoms with Crippen molar-refractivity contribution in [2.24, 2.45) is 15.9 Å². The van der Waals surface area contributed by atoms with E-state index >= 15 is 0 Å². The van der Waals surface area contributed by atoms with Crippen LogP contribution in [0, 0.1) is 5.92 Å². The van der Waals surface area contributed by atoms with Gasteiger partial charge < -0.3 is 14.3 Å². The number of rotatable bonds is 5. The predicted octanol–water partition coefficient (Wildman–Crippen LogP) is 13.0. The van der Waals surface area contributed by atoms with E-state index in [1.54, 1.807) is 0 Å². The summed E-state index contributed by atoms with van der Waals surface area (Å²) in [6.07, 6.45) is 9.53. The van der Waals surface area contributed by atoms with Crippen LogP contribution in [0.2, 0.25) is 0 Å². The Morgan fingerprint density at radius 1 is 0.614 bits per heavy atom. The SMILES string of the molecule is C1=CCC(C2N=C(c3ccccc3)N=C(c3cccc4c3sc3ccc(-c5cccc6oc7cc(-n8c9ccccc9c9ccccc98)ccc7c56)cc34)N2)C=C1. The lowest BCUT2D eigenvalue weighted by atomic mass is 9.96. The highest BCUT2D eigenvalue weighted by Gasteiger charge is 2.27. The first kappa shape index (κ1) is 32.2. The molecule has 3 aromatic heterocycles. The molecule has 4 heterocycles. The van der Waals surface area contributed by atoms with Gasteiger partial charge in [0.15, 0.2) is 5.84 Å². The number of benzene rings is 7. The molecule has 0 radical (unpaired) electrons. The summed E-state index contributed by atoms with van der Waals surface area (Å²) in [5.74, 6) is 1.87. The summed E-state index contributed by atoms with van der Waals surface area (Å²) in [4.78, 5) is 10.3. The zero-order valence-corrected chi connectivity index (χ0v) is 31.6. The average Bonchev–Trinajstić information content (AvgIpc) is 3.96. The molecule has 1 aliphatic heterocycles. The van der Waals surface area contributed by atoms with Gasteiger partial charge in [-0.25, -0.2) is 9.98 Å². The molecule has 1 N–H and O–H groups in total. The maximum atomic E-state index is 6.65. The smallest absolute Gasteiger partial charge is 0.159 e. The van der Waals surface area contributed by atoms with Crippen LogP contribution in [0.25, 0.3) is 80.7 Å². The molecule has 7 aromatic carbocycles. The Morgan fingerprint density at radius 3 is 2.21 bits per heavy atom. The quantitative estimate of drug-likeness (QED) is 0.190. The number of hydrogen-bond donors (Lipinski definition) is 1. The minimum Gasteiger partial charge on any atom is -0.456 e. The Hall–Kier alpha value is -7.02. The Balaban J connectivity index is 0.968. The van der Waals surface area contributed by atoms with E-state index in [-0.39, 0.29) is 12.1 Å². The highest BCUT2D eigenvalue weighted by Crippen LogP contribution is 2.42. The van der Waals surface area contributed by atoms with Gasteiger partial charge >= 0.3 is 0 Å². The Bertz CT molecular complexity index is 3320. The van der Waals surface area contributed by atoms with Crippen LogP contribution in [-0.2, 0) is 0 Å². The zero-order valence-electron chi connectivity index (χ0n) is 30.8. The van der Waals surface area contributed by atoms with Crippen molar-refractivity contribution in [2.45, 2.75) is 12.6 Å². The van der Waals surface area contributed by atoms with Crippen molar-refractivity contribution in [2.75, 3.05) is 0 Å². The van der Waals surface area contributed by atoms with Crippen molar-refractivity contribution in [3.05, 3.63) is 187 Å². The van der Waals surface area contributed by atoms with Crippen molar-refractivity contribution >= 4 is 86.9 Å². The van der Waals surface area contributed by atoms with Gasteiger partial charge in [-0.05, 0) is 66.1 Å². The van der Waals surface area contributed by atoms with E-state index < -0.39 is 0 Å². The molecule has 0 amide bonds. The molecule has 12 rings (SSSR count). The van der Waals surface area contributed by atoms with Crippen LogP contribution in [0.5, 0.6) is 0 Å². The summed E-state index contributed by atoms with van der Waals surface area (Å²) in [7, 11) is 0. The Morgan fingerprint density at radius 2 is 1.39 bits per heavy atom. The normalized spacial score (nSPS) is 16.9. The van der Waals surface area contributed by atoms with Gasteiger partial charge in [-0.1, -0.05) is 121 Å². The van der Waals surface area contributed by atoms with Gasteiger partial charge in [0.1, 0.15) is 23.2 Å². The molecule has 0 bridgehead atoms. The number of hydrogen-bond acceptors (Lipinski definition) is 5. The Kier molecular flexibility index (Phi) is 7.22. The van der Waals surface area contributed by atoms with Crippen LogP contribution >= 0.6 is 11.3 Å². The van der Waals surface area contributed by atoms with Gasteiger partial charge in [0.25, 0.3) is 0 Å². The number of nitrogens with zero attached hydrogens (tertiary/aromatic N) is 3. The first-order valence-electron chi connectivity index (χ1n) is 19.5. The summed E-state index contributed by atoms with van der Waals surface area (Å²) in [5, 5.41) is 10.9. The Labute approximate surface area is 332 Å². The van der Waals surface area contributed by atoms with E-state index in [1.807, 2.05) is 17.4 Å². The number of thiophene rings is 1. The first-order chi connectivity index (χ1) is 28.2. The third kappa shape index (κ3) is 5.14. The molecule has 2 aliphatic rings. The minimum absolute atomic E-state index is 0.117. The van der Waals surface area contributed by atoms with Crippen molar-refractivity contribution in [3.8, 4) is 16.8 Å². The number of fused-ring (bicyclic) bond motifs is 9. The molecule has 2 unspecified atom stereocenters. The number of aliphatic imine (C=N–C) groups is 2. The van der Waals surface area contributed by atoms with Gasteiger partial charge in [-0.2, -0.15) is 0 Å². The standard InChI is InChI=1S/C51H34N4OS/c1-3-13-31(14-4-1)49-52-50(32-15-5-2-6-16-32)54-51(53-49)40-21-11-20-38-41-29-33(25-28-46(41)57-48(38)40)35-19-12-24-44-47(35)39-27-26-34(30-45(39)56-44)55-42-22-9-7-17-36(42)37-18-8-10-23-43(37)55/h1-15,17-30,32,50H,16H2,(H,52,53,54). The number of para-hydroxylation sites is 2. The third-order valence-electron chi connectivity index (χ3n) is 11.6. The fourth-order valence-electron chi connectivity index (χ4n) is 8.92. The molecule has 57 heavy (non-hydrogen) atoms. The molecule has 5 nitrogen and oxygen atoms in total. The average molecular weight is 751 g/mol. The first-order valence-corrected chi connectivity index (χ1v) is 20.3. The molecule has 270 valence electrons. The van der Waals surface area contributed by atoms with E-state index in [0.717, 1.165) is 68.0 Å². The van der Waals surface area contributed by atoms with Gasteiger partial charge in [0.2, 0.25) is 0 Å². The maximum Gasteiger partial charge on any atom is 0.159 e. The largest absolute Gasteiger partial charge is 0.456 e. The van der Waals surface area contributed by atoms with Crippen LogP contribution in [0.1, 0.15) is 17.5 Å². The van der Waals surface area contributed by atoms with E-state index in [0.29, 0.717) is 0 Å². The van der Waals surface area contributed by atoms with Crippen LogP contribution in [0.3, 0.4) is 0 Å². The van der Waals surface area contributed by atoms with Crippen LogP contribution in [-0.4, -0.2) is 22.4 Å². The molecule has 0 spiro atoms. The molecular weight excluding hydrogens is 717 g/mol. The monoisotopic (exact) mass is 750 g/mol. The lowest BCUT2D eigenvalue weighted by molar-refractivity contribution is 0.475. The number of nitrogens with one attached hydrogen (secondary N) is 1. The van der Waals surface area contributed by atoms with Crippen molar-refractivity contribution in [1.82, 2.24) is 9.88 Å². The van der Waals surface area contributed by atoms with Crippen LogP contribution in [0.15, 0.2) is 190 Å². The summed E-state index contributed by atoms with van der Waals surface area (Å²) < 4.78 is 11.4. The van der Waals surface area contributed by atoms with E-state index in [9.17, 15) is 0 Å². The summed E-state index contributed by atoms with van der Waals surface area (Å²) in [6, 6.07) is 54.1. The third-order valence-corrected chi connectivity index (χ3v) is 12.8. The second kappa shape index (κ2) is 12.8. The minimum atomic E-state index is -0.117. The number of amidine groups is 2. The van der Waals surface area contributed by atoms with E-state index in [2.05, 4.69) is 180 Å². The molecule has 1 aliphatic carbocycles. The van der Waals surface area contributed by atoms with Gasteiger partial charge in [-0.15, -0.1) is 11.3 Å². The van der Waals surface area contributed by atoms with Crippen molar-refractivity contribution < 1.29 is 4.42 Å². The lowest BCUT2D eigenvalue weighted by Crippen LogP contribution is -2.43. The fourth-order valence-corrected chi connectivity index (χ4v) is 10.1. The maximum absolute atomic E-state index is 6.65. The topological polar surface area (TPSA) is 54.8 Å². The fraction of sp³-hybridized carbons (Fsp3) is 0.0588. The molecule has 0 saturated heterocycles. The lowest BCUT2D eigenvalue weighted by Gasteiger charge is -2.28. The second-order valence-corrected chi connectivity index (χ2v) is 16.0. The van der Waals surface area contributed by atoms with Gasteiger partial charge in [0, 0.05) is 70.5 Å². The summed E-state index contributed by atoms with van der Waals surface area (Å²) in [5.41, 5.74) is 9.65. The van der Waals surface area contributed by atoms with Gasteiger partial charge in [-0.3, -0.25) is 0 Å². The summed E-state index contributed by atoms with van der Waals surface area (Å²) in [6.45, 7) is 0. The zero-order chi connectivity index (χ0) is 37.5. The number of allylic oxidation sites excluding steroid dienone is 3. The molecule has 0 saturated carbocycles. The number of aromatic nitrogens is 1. The van der Waals surface area contributed by atoms with Crippen LogP contribution < -0.4 is 5.32 Å². The molecule has 2 atom stereocenters. The van der Waals surface area contributed by atoms with Crippen LogP contribution in [0.4, 0.5) is 0 Å². The molecule has 10 aromatic rings. The molecule has 6 heteroatoms. The van der Waals surface area contributed by atoms with Crippen molar-refractivity contribution in [1.29, 1.82) is 0 Å². The highest BCUT2D eigenvalue weighted by molar-refractivity contribution is 7.26. The molecule has 0 fully saturated rings. The van der Waals surface area contributed by atoms with E-state index in [4.69, 9.17) is 14.4 Å². The van der Waals surface area contributed by atoms with Gasteiger partial charge in [0.05, 0.1) is 11.0 Å².